The third-order valence-corrected chi connectivity index (χ3v) is 2.09. The predicted octanol–water partition coefficient (Wildman–Crippen LogP) is -1.16. The zero-order chi connectivity index (χ0) is 13.3. The van der Waals surface area contributed by atoms with Gasteiger partial charge in [-0.2, -0.15) is 0 Å². The standard InChI is InChI=1S/C10H16N2O5/c11-8(2-1-5-13)10(17)12-7(6-14)3-4-9(15)16/h5-8H,1-4,11H2,(H,12,17)(H,15,16)/t7-,8-/m0/s1. The minimum absolute atomic E-state index is 0.0188. The van der Waals surface area contributed by atoms with Crippen molar-refractivity contribution >= 4 is 24.4 Å². The molecule has 0 aliphatic rings. The summed E-state index contributed by atoms with van der Waals surface area (Å²) in [4.78, 5) is 42.4. The van der Waals surface area contributed by atoms with E-state index < -0.39 is 24.0 Å². The molecule has 0 unspecified atom stereocenters. The summed E-state index contributed by atoms with van der Waals surface area (Å²) < 4.78 is 0. The molecule has 0 saturated heterocycles. The van der Waals surface area contributed by atoms with E-state index >= 15 is 0 Å². The second-order valence-electron chi connectivity index (χ2n) is 3.53. The molecular formula is C10H16N2O5. The van der Waals surface area contributed by atoms with Crippen molar-refractivity contribution in [3.63, 3.8) is 0 Å². The van der Waals surface area contributed by atoms with E-state index in [-0.39, 0.29) is 25.7 Å². The summed E-state index contributed by atoms with van der Waals surface area (Å²) in [6.45, 7) is 0. The number of aldehydes is 2. The number of carbonyl (C=O) groups excluding carboxylic acids is 3. The van der Waals surface area contributed by atoms with Crippen molar-refractivity contribution in [2.24, 2.45) is 5.73 Å². The highest BCUT2D eigenvalue weighted by Gasteiger charge is 2.17. The highest BCUT2D eigenvalue weighted by atomic mass is 16.4. The maximum atomic E-state index is 11.4. The number of carboxylic acids is 1. The maximum Gasteiger partial charge on any atom is 0.303 e. The monoisotopic (exact) mass is 244 g/mol. The van der Waals surface area contributed by atoms with Gasteiger partial charge in [0.05, 0.1) is 12.1 Å². The Morgan fingerprint density at radius 2 is 1.94 bits per heavy atom. The second-order valence-corrected chi connectivity index (χ2v) is 3.53. The SMILES string of the molecule is N[C@@H](CCC=O)C(=O)N[C@H](C=O)CCC(=O)O. The zero-order valence-electron chi connectivity index (χ0n) is 9.30. The van der Waals surface area contributed by atoms with Crippen LogP contribution in [0.3, 0.4) is 0 Å². The summed E-state index contributed by atoms with van der Waals surface area (Å²) in [7, 11) is 0. The lowest BCUT2D eigenvalue weighted by Gasteiger charge is -2.15. The predicted molar refractivity (Wildman–Crippen MR) is 58.1 cm³/mol. The number of amides is 1. The van der Waals surface area contributed by atoms with Crippen molar-refractivity contribution in [1.82, 2.24) is 5.32 Å². The number of hydrogen-bond acceptors (Lipinski definition) is 5. The van der Waals surface area contributed by atoms with Crippen LogP contribution in [-0.4, -0.2) is 41.6 Å². The molecule has 7 nitrogen and oxygen atoms in total. The Hall–Kier alpha value is -1.76. The number of rotatable bonds is 9. The lowest BCUT2D eigenvalue weighted by Crippen LogP contribution is -2.46. The van der Waals surface area contributed by atoms with Gasteiger partial charge < -0.3 is 25.7 Å². The molecule has 0 fully saturated rings. The fraction of sp³-hybridized carbons (Fsp3) is 0.600. The Morgan fingerprint density at radius 1 is 1.29 bits per heavy atom. The van der Waals surface area contributed by atoms with Gasteiger partial charge in [0.25, 0.3) is 0 Å². The average molecular weight is 244 g/mol. The third-order valence-electron chi connectivity index (χ3n) is 2.09. The van der Waals surface area contributed by atoms with Gasteiger partial charge in [0.1, 0.15) is 12.6 Å². The smallest absolute Gasteiger partial charge is 0.303 e. The molecule has 96 valence electrons. The van der Waals surface area contributed by atoms with E-state index in [0.717, 1.165) is 0 Å². The molecule has 0 aliphatic carbocycles. The molecule has 0 aliphatic heterocycles. The van der Waals surface area contributed by atoms with Crippen molar-refractivity contribution in [2.45, 2.75) is 37.8 Å². The third kappa shape index (κ3) is 7.18. The van der Waals surface area contributed by atoms with Gasteiger partial charge in [-0.15, -0.1) is 0 Å². The van der Waals surface area contributed by atoms with E-state index in [2.05, 4.69) is 5.32 Å². The average Bonchev–Trinajstić information content (AvgIpc) is 2.30. The lowest BCUT2D eigenvalue weighted by atomic mass is 10.1. The summed E-state index contributed by atoms with van der Waals surface area (Å²) in [6, 6.07) is -1.73. The van der Waals surface area contributed by atoms with E-state index in [4.69, 9.17) is 10.8 Å². The normalized spacial score (nSPS) is 13.5. The Bertz CT molecular complexity index is 292. The second kappa shape index (κ2) is 8.40. The first kappa shape index (κ1) is 15.2. The van der Waals surface area contributed by atoms with Crippen LogP contribution in [0.2, 0.25) is 0 Å². The minimum atomic E-state index is -1.05. The summed E-state index contributed by atoms with van der Waals surface area (Å²) in [5.41, 5.74) is 5.46. The van der Waals surface area contributed by atoms with Crippen LogP contribution in [-0.2, 0) is 19.2 Å². The molecule has 4 N–H and O–H groups in total. The van der Waals surface area contributed by atoms with Gasteiger partial charge in [-0.05, 0) is 12.8 Å². The molecule has 7 heteroatoms. The van der Waals surface area contributed by atoms with Crippen LogP contribution in [0.5, 0.6) is 0 Å². The van der Waals surface area contributed by atoms with Gasteiger partial charge in [-0.3, -0.25) is 9.59 Å². The highest BCUT2D eigenvalue weighted by molar-refractivity contribution is 5.84. The summed E-state index contributed by atoms with van der Waals surface area (Å²) in [6.07, 6.45) is 1.27. The Kier molecular flexibility index (Phi) is 7.53. The molecule has 1 amide bonds. The van der Waals surface area contributed by atoms with Crippen LogP contribution in [0.25, 0.3) is 0 Å². The van der Waals surface area contributed by atoms with Crippen molar-refractivity contribution in [3.05, 3.63) is 0 Å². The first-order valence-corrected chi connectivity index (χ1v) is 5.18. The van der Waals surface area contributed by atoms with Gasteiger partial charge in [0.15, 0.2) is 0 Å². The summed E-state index contributed by atoms with van der Waals surface area (Å²) in [5, 5.41) is 10.7. The lowest BCUT2D eigenvalue weighted by molar-refractivity contribution is -0.137. The molecule has 0 saturated carbocycles. The Morgan fingerprint density at radius 3 is 2.41 bits per heavy atom. The van der Waals surface area contributed by atoms with Crippen LogP contribution >= 0.6 is 0 Å². The fourth-order valence-corrected chi connectivity index (χ4v) is 1.12. The molecule has 0 bridgehead atoms. The number of nitrogens with one attached hydrogen (secondary N) is 1. The highest BCUT2D eigenvalue weighted by Crippen LogP contribution is 1.97. The van der Waals surface area contributed by atoms with E-state index in [1.54, 1.807) is 0 Å². The van der Waals surface area contributed by atoms with Crippen LogP contribution in [0.1, 0.15) is 25.7 Å². The topological polar surface area (TPSA) is 127 Å². The molecule has 0 aromatic carbocycles. The van der Waals surface area contributed by atoms with Crippen LogP contribution in [0.15, 0.2) is 0 Å². The molecule has 0 aromatic heterocycles. The van der Waals surface area contributed by atoms with Gasteiger partial charge in [-0.1, -0.05) is 0 Å². The van der Waals surface area contributed by atoms with Gasteiger partial charge in [-0.25, -0.2) is 0 Å². The zero-order valence-corrected chi connectivity index (χ0v) is 9.30. The van der Waals surface area contributed by atoms with Crippen molar-refractivity contribution in [2.75, 3.05) is 0 Å². The summed E-state index contributed by atoms with van der Waals surface area (Å²) >= 11 is 0. The van der Waals surface area contributed by atoms with Crippen molar-refractivity contribution in [3.8, 4) is 0 Å². The molecule has 2 atom stereocenters. The Balaban J connectivity index is 4.08. The number of aliphatic carboxylic acids is 1. The number of hydrogen-bond donors (Lipinski definition) is 3. The van der Waals surface area contributed by atoms with Crippen LogP contribution in [0, 0.1) is 0 Å². The van der Waals surface area contributed by atoms with E-state index in [0.29, 0.717) is 12.6 Å². The number of nitrogens with two attached hydrogens (primary N) is 1. The van der Waals surface area contributed by atoms with E-state index in [1.807, 2.05) is 0 Å². The summed E-state index contributed by atoms with van der Waals surface area (Å²) in [5.74, 6) is -1.61. The molecule has 0 radical (unpaired) electrons. The minimum Gasteiger partial charge on any atom is -0.481 e. The first-order chi connectivity index (χ1) is 8.01. The van der Waals surface area contributed by atoms with Crippen LogP contribution < -0.4 is 11.1 Å². The molecular weight excluding hydrogens is 228 g/mol. The first-order valence-electron chi connectivity index (χ1n) is 5.18. The fourth-order valence-electron chi connectivity index (χ4n) is 1.12. The van der Waals surface area contributed by atoms with Gasteiger partial charge in [0, 0.05) is 12.8 Å². The molecule has 0 rings (SSSR count). The van der Waals surface area contributed by atoms with Crippen molar-refractivity contribution < 1.29 is 24.3 Å². The largest absolute Gasteiger partial charge is 0.481 e. The molecule has 0 heterocycles. The van der Waals surface area contributed by atoms with Gasteiger partial charge in [0.2, 0.25) is 5.91 Å². The molecule has 0 spiro atoms. The van der Waals surface area contributed by atoms with E-state index in [9.17, 15) is 19.2 Å². The van der Waals surface area contributed by atoms with Crippen molar-refractivity contribution in [1.29, 1.82) is 0 Å². The molecule has 0 aromatic rings. The maximum absolute atomic E-state index is 11.4. The van der Waals surface area contributed by atoms with Crippen LogP contribution in [0.4, 0.5) is 0 Å². The Labute approximate surface area is 98.4 Å². The quantitative estimate of drug-likeness (QED) is 0.439. The number of carbonyl (C=O) groups is 4. The molecule has 17 heavy (non-hydrogen) atoms. The number of carboxylic acid groups (broad SMARTS) is 1. The van der Waals surface area contributed by atoms with E-state index in [1.165, 1.54) is 0 Å². The van der Waals surface area contributed by atoms with Gasteiger partial charge >= 0.3 is 5.97 Å².